The van der Waals surface area contributed by atoms with Crippen LogP contribution in [0.5, 0.6) is 17.2 Å². The van der Waals surface area contributed by atoms with Crippen molar-refractivity contribution in [3.63, 3.8) is 0 Å². The van der Waals surface area contributed by atoms with Gasteiger partial charge >= 0.3 is 6.16 Å². The molecule has 0 atom stereocenters. The standard InChI is InChI=1S/C24H16ClNO4/c25-18-10-6-16(7-11-18)22-14-21(30-24(27)28)15-23(26-22)17-8-12-20(13-9-17)29-19-4-2-1-3-5-19/h1-15H,(H,27,28). The average Bonchev–Trinajstić information content (AvgIpc) is 2.75. The molecule has 148 valence electrons. The maximum Gasteiger partial charge on any atom is 0.511 e. The monoisotopic (exact) mass is 417 g/mol. The third-order valence-corrected chi connectivity index (χ3v) is 4.52. The van der Waals surface area contributed by atoms with Crippen LogP contribution in [0.25, 0.3) is 22.5 Å². The molecule has 3 aromatic carbocycles. The SMILES string of the molecule is O=C(O)Oc1cc(-c2ccc(Cl)cc2)nc(-c2ccc(Oc3ccccc3)cc2)c1. The van der Waals surface area contributed by atoms with Gasteiger partial charge in [0.25, 0.3) is 0 Å². The molecule has 0 radical (unpaired) electrons. The Hall–Kier alpha value is -3.83. The van der Waals surface area contributed by atoms with Crippen LogP contribution in [0.1, 0.15) is 0 Å². The molecule has 0 amide bonds. The van der Waals surface area contributed by atoms with E-state index in [4.69, 9.17) is 26.2 Å². The molecule has 0 spiro atoms. The molecule has 0 bridgehead atoms. The van der Waals surface area contributed by atoms with Crippen LogP contribution in [0.3, 0.4) is 0 Å². The summed E-state index contributed by atoms with van der Waals surface area (Å²) < 4.78 is 10.7. The van der Waals surface area contributed by atoms with E-state index in [2.05, 4.69) is 4.98 Å². The molecule has 0 fully saturated rings. The molecule has 0 aliphatic heterocycles. The molecule has 0 unspecified atom stereocenters. The highest BCUT2D eigenvalue weighted by atomic mass is 35.5. The summed E-state index contributed by atoms with van der Waals surface area (Å²) in [5, 5.41) is 9.63. The number of aromatic nitrogens is 1. The van der Waals surface area contributed by atoms with Crippen molar-refractivity contribution in [1.82, 2.24) is 4.98 Å². The number of carbonyl (C=O) groups is 1. The van der Waals surface area contributed by atoms with Crippen molar-refractivity contribution in [2.45, 2.75) is 0 Å². The van der Waals surface area contributed by atoms with Crippen molar-refractivity contribution < 1.29 is 19.4 Å². The lowest BCUT2D eigenvalue weighted by Gasteiger charge is -2.10. The van der Waals surface area contributed by atoms with E-state index in [1.165, 1.54) is 0 Å². The number of hydrogen-bond donors (Lipinski definition) is 1. The summed E-state index contributed by atoms with van der Waals surface area (Å²) in [6.07, 6.45) is -1.39. The maximum absolute atomic E-state index is 11.1. The van der Waals surface area contributed by atoms with Gasteiger partial charge in [-0.15, -0.1) is 0 Å². The topological polar surface area (TPSA) is 68.7 Å². The van der Waals surface area contributed by atoms with E-state index in [1.807, 2.05) is 66.7 Å². The average molecular weight is 418 g/mol. The van der Waals surface area contributed by atoms with Gasteiger partial charge in [-0.05, 0) is 48.5 Å². The van der Waals surface area contributed by atoms with Crippen LogP contribution < -0.4 is 9.47 Å². The number of ether oxygens (including phenoxy) is 2. The Morgan fingerprint density at radius 1 is 0.733 bits per heavy atom. The molecule has 4 rings (SSSR count). The van der Waals surface area contributed by atoms with E-state index in [-0.39, 0.29) is 5.75 Å². The highest BCUT2D eigenvalue weighted by Crippen LogP contribution is 2.31. The predicted octanol–water partition coefficient (Wildman–Crippen LogP) is 6.92. The van der Waals surface area contributed by atoms with E-state index >= 15 is 0 Å². The Morgan fingerprint density at radius 2 is 1.27 bits per heavy atom. The third-order valence-electron chi connectivity index (χ3n) is 4.27. The van der Waals surface area contributed by atoms with Gasteiger partial charge in [0.15, 0.2) is 0 Å². The van der Waals surface area contributed by atoms with Crippen molar-refractivity contribution in [2.24, 2.45) is 0 Å². The zero-order chi connectivity index (χ0) is 20.9. The Morgan fingerprint density at radius 3 is 1.83 bits per heavy atom. The maximum atomic E-state index is 11.1. The van der Waals surface area contributed by atoms with Crippen molar-refractivity contribution >= 4 is 17.8 Å². The summed E-state index contributed by atoms with van der Waals surface area (Å²) in [5.74, 6) is 1.60. The summed E-state index contributed by atoms with van der Waals surface area (Å²) in [5.41, 5.74) is 2.73. The van der Waals surface area contributed by atoms with Crippen molar-refractivity contribution in [1.29, 1.82) is 0 Å². The van der Waals surface area contributed by atoms with Gasteiger partial charge < -0.3 is 14.6 Å². The molecule has 0 aliphatic rings. The molecule has 5 nitrogen and oxygen atoms in total. The van der Waals surface area contributed by atoms with Gasteiger partial charge in [-0.25, -0.2) is 9.78 Å². The zero-order valence-corrected chi connectivity index (χ0v) is 16.4. The summed E-state index contributed by atoms with van der Waals surface area (Å²) in [6.45, 7) is 0. The lowest BCUT2D eigenvalue weighted by molar-refractivity contribution is 0.144. The van der Waals surface area contributed by atoms with Crippen LogP contribution in [-0.2, 0) is 0 Å². The summed E-state index contributed by atoms with van der Waals surface area (Å²) in [4.78, 5) is 15.7. The Balaban J connectivity index is 1.67. The van der Waals surface area contributed by atoms with Crippen molar-refractivity contribution in [2.75, 3.05) is 0 Å². The molecular formula is C24H16ClNO4. The molecule has 1 aromatic heterocycles. The molecule has 0 saturated heterocycles. The number of para-hydroxylation sites is 1. The highest BCUT2D eigenvalue weighted by Gasteiger charge is 2.11. The van der Waals surface area contributed by atoms with Gasteiger partial charge in [0.05, 0.1) is 11.4 Å². The lowest BCUT2D eigenvalue weighted by Crippen LogP contribution is -2.04. The first-order valence-corrected chi connectivity index (χ1v) is 9.47. The van der Waals surface area contributed by atoms with E-state index in [0.29, 0.717) is 22.2 Å². The van der Waals surface area contributed by atoms with E-state index in [1.54, 1.807) is 24.3 Å². The van der Waals surface area contributed by atoms with Crippen LogP contribution >= 0.6 is 11.6 Å². The smallest absolute Gasteiger partial charge is 0.457 e. The van der Waals surface area contributed by atoms with Crippen LogP contribution in [0, 0.1) is 0 Å². The molecule has 0 saturated carbocycles. The normalized spacial score (nSPS) is 10.4. The van der Waals surface area contributed by atoms with E-state index in [9.17, 15) is 4.79 Å². The van der Waals surface area contributed by atoms with Crippen LogP contribution in [0.4, 0.5) is 4.79 Å². The number of carboxylic acid groups (broad SMARTS) is 1. The summed E-state index contributed by atoms with van der Waals surface area (Å²) in [6, 6.07) is 27.1. The minimum atomic E-state index is -1.39. The van der Waals surface area contributed by atoms with Crippen molar-refractivity contribution in [3.05, 3.63) is 96.0 Å². The Kier molecular flexibility index (Phi) is 5.63. The first-order chi connectivity index (χ1) is 14.6. The van der Waals surface area contributed by atoms with Gasteiger partial charge in [0.2, 0.25) is 0 Å². The van der Waals surface area contributed by atoms with Gasteiger partial charge in [-0.1, -0.05) is 41.9 Å². The van der Waals surface area contributed by atoms with E-state index < -0.39 is 6.16 Å². The Bertz CT molecular complexity index is 1160. The number of halogens is 1. The summed E-state index contributed by atoms with van der Waals surface area (Å²) in [7, 11) is 0. The summed E-state index contributed by atoms with van der Waals surface area (Å²) >= 11 is 5.96. The fraction of sp³-hybridized carbons (Fsp3) is 0. The van der Waals surface area contributed by atoms with Gasteiger partial charge in [0, 0.05) is 28.3 Å². The van der Waals surface area contributed by atoms with Crippen molar-refractivity contribution in [3.8, 4) is 39.8 Å². The number of rotatable bonds is 5. The minimum Gasteiger partial charge on any atom is -0.457 e. The molecule has 4 aromatic rings. The number of benzene rings is 3. The number of nitrogens with zero attached hydrogens (tertiary/aromatic N) is 1. The predicted molar refractivity (Wildman–Crippen MR) is 115 cm³/mol. The quantitative estimate of drug-likeness (QED) is 0.357. The minimum absolute atomic E-state index is 0.182. The Labute approximate surface area is 178 Å². The van der Waals surface area contributed by atoms with Gasteiger partial charge in [0.1, 0.15) is 17.2 Å². The highest BCUT2D eigenvalue weighted by molar-refractivity contribution is 6.30. The molecule has 0 aliphatic carbocycles. The van der Waals surface area contributed by atoms with Crippen LogP contribution in [-0.4, -0.2) is 16.2 Å². The van der Waals surface area contributed by atoms with Gasteiger partial charge in [-0.3, -0.25) is 0 Å². The van der Waals surface area contributed by atoms with Crippen LogP contribution in [0.2, 0.25) is 5.02 Å². The largest absolute Gasteiger partial charge is 0.511 e. The second-order valence-electron chi connectivity index (χ2n) is 6.39. The van der Waals surface area contributed by atoms with Crippen LogP contribution in [0.15, 0.2) is 91.0 Å². The fourth-order valence-electron chi connectivity index (χ4n) is 2.90. The molecule has 1 N–H and O–H groups in total. The number of pyridine rings is 1. The second kappa shape index (κ2) is 8.68. The first kappa shape index (κ1) is 19.5. The second-order valence-corrected chi connectivity index (χ2v) is 6.82. The first-order valence-electron chi connectivity index (χ1n) is 9.09. The fourth-order valence-corrected chi connectivity index (χ4v) is 3.03. The van der Waals surface area contributed by atoms with E-state index in [0.717, 1.165) is 16.9 Å². The molecule has 1 heterocycles. The molecule has 30 heavy (non-hydrogen) atoms. The third kappa shape index (κ3) is 4.77. The zero-order valence-electron chi connectivity index (χ0n) is 15.7. The molecule has 6 heteroatoms. The van der Waals surface area contributed by atoms with Gasteiger partial charge in [-0.2, -0.15) is 0 Å². The number of hydrogen-bond acceptors (Lipinski definition) is 4. The molecular weight excluding hydrogens is 402 g/mol. The lowest BCUT2D eigenvalue weighted by atomic mass is 10.1.